The third-order valence-corrected chi connectivity index (χ3v) is 4.35. The molecule has 0 bridgehead atoms. The summed E-state index contributed by atoms with van der Waals surface area (Å²) in [6, 6.07) is 6.30. The van der Waals surface area contributed by atoms with Crippen molar-refractivity contribution in [2.75, 3.05) is 11.9 Å². The van der Waals surface area contributed by atoms with E-state index < -0.39 is 17.9 Å². The highest BCUT2D eigenvalue weighted by Gasteiger charge is 2.26. The van der Waals surface area contributed by atoms with Gasteiger partial charge in [-0.1, -0.05) is 31.5 Å². The smallest absolute Gasteiger partial charge is 0.287 e. The predicted octanol–water partition coefficient (Wildman–Crippen LogP) is 2.71. The molecule has 3 amide bonds. The van der Waals surface area contributed by atoms with Crippen molar-refractivity contribution in [1.82, 2.24) is 10.6 Å². The van der Waals surface area contributed by atoms with Crippen LogP contribution in [0.2, 0.25) is 0 Å². The number of nitrogens with one attached hydrogen (secondary N) is 3. The second-order valence-electron chi connectivity index (χ2n) is 7.21. The van der Waals surface area contributed by atoms with Gasteiger partial charge in [-0.3, -0.25) is 14.4 Å². The van der Waals surface area contributed by atoms with Crippen molar-refractivity contribution >= 4 is 23.4 Å². The molecule has 3 N–H and O–H groups in total. The van der Waals surface area contributed by atoms with E-state index in [1.165, 1.54) is 12.3 Å². The van der Waals surface area contributed by atoms with Gasteiger partial charge in [-0.25, -0.2) is 0 Å². The number of carbonyl (C=O) groups excluding carboxylic acids is 3. The predicted molar refractivity (Wildman–Crippen MR) is 107 cm³/mol. The monoisotopic (exact) mass is 385 g/mol. The average molecular weight is 385 g/mol. The number of rotatable bonds is 7. The van der Waals surface area contributed by atoms with Crippen LogP contribution >= 0.6 is 0 Å². The number of benzene rings is 1. The summed E-state index contributed by atoms with van der Waals surface area (Å²) in [5.74, 6) is -1.27. The SMILES string of the molecule is Cc1cc(C)c(NC(=O)CNC(=O)C(NC(=O)c2ccco2)C(C)C)c(C)c1. The summed E-state index contributed by atoms with van der Waals surface area (Å²) in [6.07, 6.45) is 1.39. The molecule has 0 radical (unpaired) electrons. The molecule has 0 saturated heterocycles. The minimum absolute atomic E-state index is 0.126. The Kier molecular flexibility index (Phi) is 6.98. The molecule has 150 valence electrons. The van der Waals surface area contributed by atoms with E-state index in [0.29, 0.717) is 0 Å². The molecule has 0 saturated carbocycles. The number of amides is 3. The highest BCUT2D eigenvalue weighted by Crippen LogP contribution is 2.21. The van der Waals surface area contributed by atoms with E-state index in [1.54, 1.807) is 6.07 Å². The highest BCUT2D eigenvalue weighted by atomic mass is 16.3. The second-order valence-corrected chi connectivity index (χ2v) is 7.21. The van der Waals surface area contributed by atoms with Gasteiger partial charge < -0.3 is 20.4 Å². The molecule has 7 heteroatoms. The van der Waals surface area contributed by atoms with Gasteiger partial charge in [0.25, 0.3) is 5.91 Å². The lowest BCUT2D eigenvalue weighted by Gasteiger charge is -2.21. The number of anilines is 1. The Bertz CT molecular complexity index is 834. The van der Waals surface area contributed by atoms with Crippen molar-refractivity contribution < 1.29 is 18.8 Å². The molecule has 2 rings (SSSR count). The van der Waals surface area contributed by atoms with Crippen LogP contribution in [-0.2, 0) is 9.59 Å². The molecular formula is C21H27N3O4. The molecule has 0 aliphatic heterocycles. The van der Waals surface area contributed by atoms with Gasteiger partial charge in [0.05, 0.1) is 12.8 Å². The van der Waals surface area contributed by atoms with Crippen molar-refractivity contribution in [3.8, 4) is 0 Å². The maximum absolute atomic E-state index is 12.5. The Balaban J connectivity index is 1.95. The van der Waals surface area contributed by atoms with Crippen molar-refractivity contribution in [2.45, 2.75) is 40.7 Å². The first kappa shape index (κ1) is 21.2. The van der Waals surface area contributed by atoms with Gasteiger partial charge >= 0.3 is 0 Å². The Morgan fingerprint density at radius 3 is 2.25 bits per heavy atom. The van der Waals surface area contributed by atoms with E-state index in [9.17, 15) is 14.4 Å². The number of hydrogen-bond donors (Lipinski definition) is 3. The highest BCUT2D eigenvalue weighted by molar-refractivity contribution is 5.98. The lowest BCUT2D eigenvalue weighted by atomic mass is 10.0. The van der Waals surface area contributed by atoms with E-state index in [0.717, 1.165) is 22.4 Å². The quantitative estimate of drug-likeness (QED) is 0.682. The van der Waals surface area contributed by atoms with E-state index in [1.807, 2.05) is 46.8 Å². The molecule has 1 aromatic heterocycles. The van der Waals surface area contributed by atoms with Crippen LogP contribution in [0.1, 0.15) is 41.1 Å². The van der Waals surface area contributed by atoms with Crippen LogP contribution in [0.15, 0.2) is 34.9 Å². The first-order valence-corrected chi connectivity index (χ1v) is 9.18. The maximum atomic E-state index is 12.5. The Labute approximate surface area is 164 Å². The summed E-state index contributed by atoms with van der Waals surface area (Å²) in [4.78, 5) is 36.9. The van der Waals surface area contributed by atoms with Gasteiger partial charge in [-0.15, -0.1) is 0 Å². The minimum Gasteiger partial charge on any atom is -0.459 e. The first-order valence-electron chi connectivity index (χ1n) is 9.18. The molecular weight excluding hydrogens is 358 g/mol. The number of carbonyl (C=O) groups is 3. The summed E-state index contributed by atoms with van der Waals surface area (Å²) in [7, 11) is 0. The molecule has 28 heavy (non-hydrogen) atoms. The van der Waals surface area contributed by atoms with Crippen molar-refractivity contribution in [1.29, 1.82) is 0 Å². The molecule has 0 fully saturated rings. The fraction of sp³-hybridized carbons (Fsp3) is 0.381. The Morgan fingerprint density at radius 1 is 1.07 bits per heavy atom. The molecule has 0 aliphatic carbocycles. The van der Waals surface area contributed by atoms with E-state index in [2.05, 4.69) is 16.0 Å². The third-order valence-electron chi connectivity index (χ3n) is 4.35. The van der Waals surface area contributed by atoms with Crippen molar-refractivity contribution in [3.63, 3.8) is 0 Å². The fourth-order valence-electron chi connectivity index (χ4n) is 2.99. The summed E-state index contributed by atoms with van der Waals surface area (Å²) < 4.78 is 5.04. The van der Waals surface area contributed by atoms with Crippen LogP contribution in [-0.4, -0.2) is 30.3 Å². The van der Waals surface area contributed by atoms with Gasteiger partial charge in [-0.2, -0.15) is 0 Å². The third kappa shape index (κ3) is 5.45. The Hall–Kier alpha value is -3.09. The zero-order valence-electron chi connectivity index (χ0n) is 16.9. The van der Waals surface area contributed by atoms with Crippen LogP contribution in [0, 0.1) is 26.7 Å². The van der Waals surface area contributed by atoms with Gasteiger partial charge in [0.15, 0.2) is 5.76 Å². The summed E-state index contributed by atoms with van der Waals surface area (Å²) in [5, 5.41) is 8.07. The van der Waals surface area contributed by atoms with Crippen molar-refractivity contribution in [3.05, 3.63) is 53.0 Å². The van der Waals surface area contributed by atoms with Gasteiger partial charge in [-0.05, 0) is 49.9 Å². The molecule has 1 heterocycles. The molecule has 0 spiro atoms. The molecule has 1 atom stereocenters. The minimum atomic E-state index is -0.784. The van der Waals surface area contributed by atoms with Crippen LogP contribution in [0.3, 0.4) is 0 Å². The molecule has 7 nitrogen and oxygen atoms in total. The summed E-state index contributed by atoms with van der Waals surface area (Å²) >= 11 is 0. The molecule has 0 aliphatic rings. The maximum Gasteiger partial charge on any atom is 0.287 e. The van der Waals surface area contributed by atoms with Gasteiger partial charge in [0.2, 0.25) is 11.8 Å². The van der Waals surface area contributed by atoms with Crippen LogP contribution in [0.25, 0.3) is 0 Å². The number of furan rings is 1. The summed E-state index contributed by atoms with van der Waals surface area (Å²) in [6.45, 7) is 9.28. The van der Waals surface area contributed by atoms with E-state index in [4.69, 9.17) is 4.42 Å². The average Bonchev–Trinajstić information content (AvgIpc) is 3.15. The van der Waals surface area contributed by atoms with Gasteiger partial charge in [0.1, 0.15) is 6.04 Å². The summed E-state index contributed by atoms with van der Waals surface area (Å²) in [5.41, 5.74) is 3.79. The molecule has 1 aromatic carbocycles. The van der Waals surface area contributed by atoms with Crippen LogP contribution < -0.4 is 16.0 Å². The Morgan fingerprint density at radius 2 is 1.71 bits per heavy atom. The standard InChI is InChI=1S/C21H27N3O4/c1-12(2)18(24-20(26)16-7-6-8-28-16)21(27)22-11-17(25)23-19-14(4)9-13(3)10-15(19)5/h6-10,12,18H,11H2,1-5H3,(H,22,27)(H,23,25)(H,24,26). The second kappa shape index (κ2) is 9.21. The van der Waals surface area contributed by atoms with Crippen LogP contribution in [0.5, 0.6) is 0 Å². The van der Waals surface area contributed by atoms with E-state index >= 15 is 0 Å². The van der Waals surface area contributed by atoms with E-state index in [-0.39, 0.29) is 24.1 Å². The van der Waals surface area contributed by atoms with Gasteiger partial charge in [0, 0.05) is 5.69 Å². The first-order chi connectivity index (χ1) is 13.2. The topological polar surface area (TPSA) is 100 Å². The van der Waals surface area contributed by atoms with Crippen LogP contribution in [0.4, 0.5) is 5.69 Å². The number of aryl methyl sites for hydroxylation is 3. The lowest BCUT2D eigenvalue weighted by Crippen LogP contribution is -2.51. The normalized spacial score (nSPS) is 11.8. The molecule has 1 unspecified atom stereocenters. The molecule has 2 aromatic rings. The largest absolute Gasteiger partial charge is 0.459 e. The zero-order valence-corrected chi connectivity index (χ0v) is 16.9. The lowest BCUT2D eigenvalue weighted by molar-refractivity contribution is -0.126. The number of hydrogen-bond acceptors (Lipinski definition) is 4. The fourth-order valence-corrected chi connectivity index (χ4v) is 2.99. The van der Waals surface area contributed by atoms with Crippen molar-refractivity contribution in [2.24, 2.45) is 5.92 Å². The zero-order chi connectivity index (χ0) is 20.8.